The molecule has 1 aliphatic heterocycles. The summed E-state index contributed by atoms with van der Waals surface area (Å²) in [6.07, 6.45) is 0. The van der Waals surface area contributed by atoms with Gasteiger partial charge in [0.05, 0.1) is 12.2 Å². The highest BCUT2D eigenvalue weighted by molar-refractivity contribution is 7.56. The Morgan fingerprint density at radius 2 is 1.92 bits per heavy atom. The molecule has 1 heterocycles. The van der Waals surface area contributed by atoms with Crippen LogP contribution in [0.5, 0.6) is 0 Å². The Kier molecular flexibility index (Phi) is 2.37. The molecule has 1 fully saturated rings. The molecule has 13 heavy (non-hydrogen) atoms. The lowest BCUT2D eigenvalue weighted by atomic mass is 10.2. The van der Waals surface area contributed by atoms with Crippen molar-refractivity contribution in [3.05, 3.63) is 30.3 Å². The highest BCUT2D eigenvalue weighted by atomic mass is 31.2. The molecule has 2 rings (SSSR count). The van der Waals surface area contributed by atoms with Gasteiger partial charge >= 0.3 is 0 Å². The van der Waals surface area contributed by atoms with E-state index in [0.717, 1.165) is 5.30 Å². The van der Waals surface area contributed by atoms with Crippen LogP contribution in [0.4, 0.5) is 0 Å². The van der Waals surface area contributed by atoms with Gasteiger partial charge < -0.3 is 9.05 Å². The zero-order valence-corrected chi connectivity index (χ0v) is 8.75. The van der Waals surface area contributed by atoms with Crippen molar-refractivity contribution < 1.29 is 9.05 Å². The minimum Gasteiger partial charge on any atom is -0.328 e. The molecule has 0 aromatic heterocycles. The Morgan fingerprint density at radius 3 is 2.46 bits per heavy atom. The molecule has 1 unspecified atom stereocenters. The first-order valence-corrected chi connectivity index (χ1v) is 5.52. The first-order valence-electron chi connectivity index (χ1n) is 4.35. The highest BCUT2D eigenvalue weighted by Gasteiger charge is 2.34. The maximum atomic E-state index is 5.78. The van der Waals surface area contributed by atoms with Crippen LogP contribution in [0, 0.1) is 0 Å². The zero-order valence-electron chi connectivity index (χ0n) is 7.86. The summed E-state index contributed by atoms with van der Waals surface area (Å²) in [6.45, 7) is 4.80. The maximum Gasteiger partial charge on any atom is 0.205 e. The van der Waals surface area contributed by atoms with Gasteiger partial charge in [0.1, 0.15) is 0 Å². The summed E-state index contributed by atoms with van der Waals surface area (Å²) in [5.41, 5.74) is -0.123. The molecule has 1 aromatic carbocycles. The quantitative estimate of drug-likeness (QED) is 0.642. The van der Waals surface area contributed by atoms with Crippen LogP contribution in [0.2, 0.25) is 0 Å². The van der Waals surface area contributed by atoms with Gasteiger partial charge in [0, 0.05) is 5.30 Å². The molecule has 1 aliphatic rings. The van der Waals surface area contributed by atoms with Crippen LogP contribution in [0.1, 0.15) is 13.8 Å². The predicted molar refractivity (Wildman–Crippen MR) is 54.1 cm³/mol. The number of benzene rings is 1. The summed E-state index contributed by atoms with van der Waals surface area (Å²) >= 11 is 0. The van der Waals surface area contributed by atoms with E-state index in [4.69, 9.17) is 9.05 Å². The summed E-state index contributed by atoms with van der Waals surface area (Å²) < 4.78 is 11.4. The van der Waals surface area contributed by atoms with Crippen LogP contribution >= 0.6 is 8.38 Å². The van der Waals surface area contributed by atoms with E-state index in [2.05, 4.69) is 13.8 Å². The molecule has 70 valence electrons. The van der Waals surface area contributed by atoms with Crippen molar-refractivity contribution in [1.29, 1.82) is 0 Å². The van der Waals surface area contributed by atoms with Crippen LogP contribution < -0.4 is 5.30 Å². The van der Waals surface area contributed by atoms with Crippen molar-refractivity contribution in [3.63, 3.8) is 0 Å². The molecule has 0 spiro atoms. The largest absolute Gasteiger partial charge is 0.328 e. The summed E-state index contributed by atoms with van der Waals surface area (Å²) in [6, 6.07) is 10.1. The highest BCUT2D eigenvalue weighted by Crippen LogP contribution is 2.48. The van der Waals surface area contributed by atoms with Gasteiger partial charge in [-0.05, 0) is 26.0 Å². The second-order valence-electron chi connectivity index (χ2n) is 3.72. The molecule has 0 radical (unpaired) electrons. The number of rotatable bonds is 1. The van der Waals surface area contributed by atoms with E-state index < -0.39 is 8.38 Å². The van der Waals surface area contributed by atoms with Crippen LogP contribution in [0.3, 0.4) is 0 Å². The van der Waals surface area contributed by atoms with E-state index >= 15 is 0 Å². The Balaban J connectivity index is 2.13. The molecule has 1 aromatic rings. The fraction of sp³-hybridized carbons (Fsp3) is 0.400. The van der Waals surface area contributed by atoms with Gasteiger partial charge in [0.25, 0.3) is 0 Å². The van der Waals surface area contributed by atoms with Crippen molar-refractivity contribution in [1.82, 2.24) is 0 Å². The lowest BCUT2D eigenvalue weighted by Gasteiger charge is -2.14. The van der Waals surface area contributed by atoms with Crippen LogP contribution in [-0.2, 0) is 9.05 Å². The van der Waals surface area contributed by atoms with Gasteiger partial charge in [-0.1, -0.05) is 18.2 Å². The van der Waals surface area contributed by atoms with Gasteiger partial charge in [-0.3, -0.25) is 0 Å². The van der Waals surface area contributed by atoms with Crippen molar-refractivity contribution in [2.24, 2.45) is 0 Å². The lowest BCUT2D eigenvalue weighted by molar-refractivity contribution is 0.142. The third kappa shape index (κ3) is 2.08. The monoisotopic (exact) mass is 196 g/mol. The predicted octanol–water partition coefficient (Wildman–Crippen LogP) is 2.45. The van der Waals surface area contributed by atoms with E-state index in [0.29, 0.717) is 6.61 Å². The smallest absolute Gasteiger partial charge is 0.205 e. The summed E-state index contributed by atoms with van der Waals surface area (Å²) in [5, 5.41) is 1.16. The molecular formula is C10H13O2P. The second-order valence-corrected chi connectivity index (χ2v) is 5.19. The van der Waals surface area contributed by atoms with Crippen LogP contribution in [0.15, 0.2) is 30.3 Å². The number of hydrogen-bond acceptors (Lipinski definition) is 2. The molecule has 0 amide bonds. The summed E-state index contributed by atoms with van der Waals surface area (Å²) in [7, 11) is -0.828. The minimum atomic E-state index is -0.828. The third-order valence-corrected chi connectivity index (χ3v) is 3.57. The van der Waals surface area contributed by atoms with E-state index in [1.54, 1.807) is 0 Å². The molecule has 1 saturated heterocycles. The van der Waals surface area contributed by atoms with Gasteiger partial charge in [-0.15, -0.1) is 0 Å². The Hall–Kier alpha value is -0.430. The van der Waals surface area contributed by atoms with E-state index in [1.807, 2.05) is 30.3 Å². The third-order valence-electron chi connectivity index (χ3n) is 1.83. The molecule has 3 heteroatoms. The van der Waals surface area contributed by atoms with Gasteiger partial charge in [0.15, 0.2) is 0 Å². The topological polar surface area (TPSA) is 18.5 Å². The lowest BCUT2D eigenvalue weighted by Crippen LogP contribution is -2.20. The molecular weight excluding hydrogens is 183 g/mol. The first kappa shape index (κ1) is 9.14. The zero-order chi connectivity index (χ0) is 9.31. The molecule has 2 nitrogen and oxygen atoms in total. The molecule has 1 atom stereocenters. The van der Waals surface area contributed by atoms with Crippen molar-refractivity contribution in [3.8, 4) is 0 Å². The average Bonchev–Trinajstić information content (AvgIpc) is 2.48. The standard InChI is InChI=1S/C10H13O2P/c1-10(2)8-11-13(12-10)9-6-4-3-5-7-9/h3-7H,8H2,1-2H3. The Bertz CT molecular complexity index is 284. The molecule has 0 saturated carbocycles. The van der Waals surface area contributed by atoms with E-state index in [-0.39, 0.29) is 5.60 Å². The normalized spacial score (nSPS) is 26.2. The van der Waals surface area contributed by atoms with Gasteiger partial charge in [0.2, 0.25) is 8.38 Å². The summed E-state index contributed by atoms with van der Waals surface area (Å²) in [4.78, 5) is 0. The molecule has 0 bridgehead atoms. The van der Waals surface area contributed by atoms with Gasteiger partial charge in [-0.25, -0.2) is 0 Å². The van der Waals surface area contributed by atoms with Gasteiger partial charge in [-0.2, -0.15) is 0 Å². The fourth-order valence-corrected chi connectivity index (χ4v) is 2.82. The van der Waals surface area contributed by atoms with Crippen molar-refractivity contribution >= 4 is 13.7 Å². The van der Waals surface area contributed by atoms with Crippen LogP contribution in [-0.4, -0.2) is 12.2 Å². The summed E-state index contributed by atoms with van der Waals surface area (Å²) in [5.74, 6) is 0. The second kappa shape index (κ2) is 3.38. The van der Waals surface area contributed by atoms with E-state index in [9.17, 15) is 0 Å². The SMILES string of the molecule is CC1(C)COP(c2ccccc2)O1. The van der Waals surface area contributed by atoms with Crippen molar-refractivity contribution in [2.75, 3.05) is 6.61 Å². The average molecular weight is 196 g/mol. The minimum absolute atomic E-state index is 0.123. The molecule has 0 N–H and O–H groups in total. The van der Waals surface area contributed by atoms with Crippen molar-refractivity contribution in [2.45, 2.75) is 19.4 Å². The van der Waals surface area contributed by atoms with Crippen LogP contribution in [0.25, 0.3) is 0 Å². The maximum absolute atomic E-state index is 5.78. The Morgan fingerprint density at radius 1 is 1.23 bits per heavy atom. The van der Waals surface area contributed by atoms with E-state index in [1.165, 1.54) is 0 Å². The fourth-order valence-electron chi connectivity index (χ4n) is 1.17. The Labute approximate surface area is 79.8 Å². The number of hydrogen-bond donors (Lipinski definition) is 0. The molecule has 0 aliphatic carbocycles. The first-order chi connectivity index (χ1) is 6.17.